The van der Waals surface area contributed by atoms with E-state index < -0.39 is 23.9 Å². The average Bonchev–Trinajstić information content (AvgIpc) is 2.49. The summed E-state index contributed by atoms with van der Waals surface area (Å²) < 4.78 is 45.4. The largest absolute Gasteiger partial charge is 0.497 e. The van der Waals surface area contributed by atoms with E-state index in [4.69, 9.17) is 48.1 Å². The highest BCUT2D eigenvalue weighted by atomic mass is 16.6. The lowest BCUT2D eigenvalue weighted by Gasteiger charge is -2.36. The van der Waals surface area contributed by atoms with Crippen molar-refractivity contribution in [1.29, 1.82) is 0 Å². The van der Waals surface area contributed by atoms with E-state index in [0.29, 0.717) is 80.4 Å². The first-order chi connectivity index (χ1) is 42.0. The van der Waals surface area contributed by atoms with Crippen molar-refractivity contribution in [3.63, 3.8) is 0 Å². The van der Waals surface area contributed by atoms with Crippen molar-refractivity contribution in [3.05, 3.63) is 174 Å². The number of methoxy groups -OCH3 is 2. The van der Waals surface area contributed by atoms with Crippen molar-refractivity contribution in [2.24, 2.45) is 0 Å². The Morgan fingerprint density at radius 1 is 0.453 bits per heavy atom. The van der Waals surface area contributed by atoms with Crippen LogP contribution in [0.3, 0.4) is 0 Å². The Kier molecular flexibility index (Phi) is 17.7. The lowest BCUT2D eigenvalue weighted by molar-refractivity contribution is 0.0105. The fourth-order valence-electron chi connectivity index (χ4n) is 11.2. The number of carbonyl (C=O) groups excluding carboxylic acids is 3. The Morgan fingerprint density at radius 2 is 0.872 bits per heavy atom. The van der Waals surface area contributed by atoms with Crippen LogP contribution in [0.1, 0.15) is 63.1 Å². The highest BCUT2D eigenvalue weighted by molar-refractivity contribution is 5.99. The maximum absolute atomic E-state index is 13.9. The van der Waals surface area contributed by atoms with E-state index in [-0.39, 0.29) is 25.6 Å². The Hall–Kier alpha value is -9.52. The molecule has 0 radical (unpaired) electrons. The first kappa shape index (κ1) is 58.3. The van der Waals surface area contributed by atoms with Crippen LogP contribution in [0.4, 0.5) is 20.1 Å². The molecule has 1 aliphatic rings. The van der Waals surface area contributed by atoms with E-state index in [9.17, 15) is 14.4 Å². The van der Waals surface area contributed by atoms with Crippen LogP contribution in [-0.4, -0.2) is 132 Å². The van der Waals surface area contributed by atoms with Crippen molar-refractivity contribution < 1.29 is 47.5 Å². The molecule has 0 unspecified atom stereocenters. The fourth-order valence-corrected chi connectivity index (χ4v) is 11.2. The van der Waals surface area contributed by atoms with E-state index in [1.807, 2.05) is 84.9 Å². The second-order valence-electron chi connectivity index (χ2n) is 20.9. The number of hydrogen-bond acceptors (Lipinski definition) is 15. The predicted octanol–water partition coefficient (Wildman–Crippen LogP) is 13.5. The minimum absolute atomic E-state index is 0.124. The molecule has 0 aliphatic carbocycles. The van der Waals surface area contributed by atoms with Crippen LogP contribution < -0.4 is 19.1 Å². The maximum atomic E-state index is 13.9. The molecule has 4 heterocycles. The highest BCUT2D eigenvalue weighted by Gasteiger charge is 2.38. The average molecular weight is 1160 g/mol. The van der Waals surface area contributed by atoms with Gasteiger partial charge in [0, 0.05) is 55.2 Å². The number of piperazine rings is 1. The molecular weight excluding hydrogens is 1090 g/mol. The normalized spacial score (nSPS) is 12.9. The summed E-state index contributed by atoms with van der Waals surface area (Å²) >= 11 is 0. The van der Waals surface area contributed by atoms with Crippen LogP contribution in [0.15, 0.2) is 158 Å². The number of nitrogens with zero attached hydrogens (tertiary/aromatic N) is 8. The number of ether oxygens (including phenoxy) is 7. The van der Waals surface area contributed by atoms with Gasteiger partial charge in [-0.3, -0.25) is 0 Å². The van der Waals surface area contributed by atoms with Gasteiger partial charge in [0.1, 0.15) is 22.8 Å². The lowest BCUT2D eigenvalue weighted by Crippen LogP contribution is -2.44. The number of hydrogen-bond donors (Lipinski definition) is 0. The Bertz CT molecular complexity index is 3950. The molecule has 3 aromatic heterocycles. The van der Waals surface area contributed by atoms with Crippen molar-refractivity contribution in [2.45, 2.75) is 52.1 Å². The van der Waals surface area contributed by atoms with Crippen LogP contribution >= 0.6 is 0 Å². The Morgan fingerprint density at radius 3 is 1.35 bits per heavy atom. The molecule has 0 atom stereocenters. The molecule has 18 nitrogen and oxygen atoms in total. The Labute approximate surface area is 499 Å². The molecule has 10 aromatic rings. The minimum atomic E-state index is -0.869. The van der Waals surface area contributed by atoms with Gasteiger partial charge in [0.2, 0.25) is 0 Å². The zero-order valence-electron chi connectivity index (χ0n) is 49.4. The van der Waals surface area contributed by atoms with Gasteiger partial charge < -0.3 is 43.0 Å². The number of imidazole rings is 3. The standard InChI is InChI=1S/C68H70N8O10/c1-7-82-65(77)74-59-34-21-47(63-70-57-44-48(22-35-60(57)75(63)66(78)83-8-2)64-71-58-45-52(73-39-37-72(4)38-40-73)27-36-61(58)76(64)67(79)84-9-3)43-56(59)69-62(74)46-19-28-55(29-20-46)85-41-15-10-11-16-42-86-68(49-17-13-12-14-18-49,50-23-30-53(80-5)31-24-50)51-25-32-54(81-6)33-26-51/h12-14,17-36,43-45H,7-11,15-16,37-42H2,1-6H3. The van der Waals surface area contributed by atoms with Gasteiger partial charge in [-0.15, -0.1) is 0 Å². The second kappa shape index (κ2) is 26.2. The number of aromatic nitrogens is 6. The number of carbonyl (C=O) groups is 3. The van der Waals surface area contributed by atoms with Crippen molar-refractivity contribution in [3.8, 4) is 51.4 Å². The predicted molar refractivity (Wildman–Crippen MR) is 332 cm³/mol. The topological polar surface area (TPSA) is 176 Å². The summed E-state index contributed by atoms with van der Waals surface area (Å²) in [4.78, 5) is 61.0. The van der Waals surface area contributed by atoms with Crippen LogP contribution in [-0.2, 0) is 24.5 Å². The third kappa shape index (κ3) is 11.8. The fraction of sp³-hybridized carbons (Fsp3) is 0.294. The van der Waals surface area contributed by atoms with Crippen molar-refractivity contribution in [2.75, 3.05) is 85.4 Å². The summed E-state index contributed by atoms with van der Waals surface area (Å²) in [6, 6.07) is 50.6. The van der Waals surface area contributed by atoms with Crippen LogP contribution in [0.25, 0.3) is 67.3 Å². The number of unbranched alkanes of at least 4 members (excludes halogenated alkanes) is 3. The van der Waals surface area contributed by atoms with E-state index >= 15 is 0 Å². The van der Waals surface area contributed by atoms with Crippen LogP contribution in [0.2, 0.25) is 0 Å². The molecule has 442 valence electrons. The molecule has 11 rings (SSSR count). The van der Waals surface area contributed by atoms with Gasteiger partial charge in [0.05, 0.1) is 73.7 Å². The Balaban J connectivity index is 0.802. The molecule has 0 amide bonds. The van der Waals surface area contributed by atoms with Gasteiger partial charge >= 0.3 is 18.3 Å². The quantitative estimate of drug-likeness (QED) is 0.0377. The molecule has 1 aliphatic heterocycles. The summed E-state index contributed by atoms with van der Waals surface area (Å²) in [6.07, 6.45) is 1.78. The number of likely N-dealkylation sites (N-methyl/N-ethyl adjacent to an activating group) is 1. The molecule has 0 saturated carbocycles. The number of anilines is 1. The maximum Gasteiger partial charge on any atom is 0.420 e. The van der Waals surface area contributed by atoms with Gasteiger partial charge in [0.15, 0.2) is 17.5 Å². The third-order valence-corrected chi connectivity index (χ3v) is 15.6. The van der Waals surface area contributed by atoms with E-state index in [1.165, 1.54) is 13.7 Å². The van der Waals surface area contributed by atoms with Crippen LogP contribution in [0, 0.1) is 0 Å². The van der Waals surface area contributed by atoms with E-state index in [1.54, 1.807) is 71.4 Å². The van der Waals surface area contributed by atoms with Gasteiger partial charge in [-0.05, 0) is 167 Å². The van der Waals surface area contributed by atoms with E-state index in [0.717, 1.165) is 85.7 Å². The molecule has 86 heavy (non-hydrogen) atoms. The number of rotatable bonds is 21. The van der Waals surface area contributed by atoms with Gasteiger partial charge in [-0.1, -0.05) is 61.0 Å². The summed E-state index contributed by atoms with van der Waals surface area (Å²) in [5, 5.41) is 0. The number of fused-ring (bicyclic) bond motifs is 3. The lowest BCUT2D eigenvalue weighted by atomic mass is 9.80. The van der Waals surface area contributed by atoms with Crippen LogP contribution in [0.5, 0.6) is 17.2 Å². The summed E-state index contributed by atoms with van der Waals surface area (Å²) in [7, 11) is 5.45. The highest BCUT2D eigenvalue weighted by Crippen LogP contribution is 2.42. The monoisotopic (exact) mass is 1160 g/mol. The molecule has 1 saturated heterocycles. The van der Waals surface area contributed by atoms with E-state index in [2.05, 4.69) is 53.2 Å². The smallest absolute Gasteiger partial charge is 0.420 e. The number of benzene rings is 7. The van der Waals surface area contributed by atoms with Gasteiger partial charge in [-0.25, -0.2) is 43.0 Å². The third-order valence-electron chi connectivity index (χ3n) is 15.6. The van der Waals surface area contributed by atoms with Gasteiger partial charge in [0.25, 0.3) is 0 Å². The molecular formula is C68H70N8O10. The molecule has 7 aromatic carbocycles. The molecule has 0 N–H and O–H groups in total. The van der Waals surface area contributed by atoms with Crippen molar-refractivity contribution in [1.82, 2.24) is 33.6 Å². The molecule has 0 bridgehead atoms. The molecule has 18 heteroatoms. The summed E-state index contributed by atoms with van der Waals surface area (Å²) in [5.41, 5.74) is 8.08. The first-order valence-electron chi connectivity index (χ1n) is 29.3. The summed E-state index contributed by atoms with van der Waals surface area (Å²) in [5.74, 6) is 3.24. The minimum Gasteiger partial charge on any atom is -0.497 e. The second-order valence-corrected chi connectivity index (χ2v) is 20.9. The first-order valence-corrected chi connectivity index (χ1v) is 29.3. The van der Waals surface area contributed by atoms with Gasteiger partial charge in [-0.2, -0.15) is 0 Å². The SMILES string of the molecule is CCOC(=O)n1c(-c2ccc(OCCCCCCOC(c3ccccc3)(c3ccc(OC)cc3)c3ccc(OC)cc3)cc2)nc2cc(-c3nc4cc(-c5nc6cc(N7CCN(C)CC7)ccc6n5C(=O)OCC)ccc4n3C(=O)OCC)ccc21. The summed E-state index contributed by atoms with van der Waals surface area (Å²) in [6.45, 7) is 10.4. The zero-order valence-corrected chi connectivity index (χ0v) is 49.4. The molecule has 1 fully saturated rings. The molecule has 0 spiro atoms. The zero-order chi connectivity index (χ0) is 59.7. The van der Waals surface area contributed by atoms with Crippen molar-refractivity contribution >= 4 is 57.1 Å².